The highest BCUT2D eigenvalue weighted by molar-refractivity contribution is 6.24. The molecule has 0 saturated carbocycles. The van der Waals surface area contributed by atoms with Crippen LogP contribution in [-0.4, -0.2) is 14.1 Å². The molecule has 3 nitrogen and oxygen atoms in total. The summed E-state index contributed by atoms with van der Waals surface area (Å²) in [6, 6.07) is 38.6. The summed E-state index contributed by atoms with van der Waals surface area (Å²) in [5, 5.41) is 2.49. The number of hydrogen-bond donors (Lipinski definition) is 1. The Morgan fingerprint density at radius 3 is 1.77 bits per heavy atom. The van der Waals surface area contributed by atoms with E-state index in [0.29, 0.717) is 0 Å². The number of aromatic amines is 1. The van der Waals surface area contributed by atoms with Crippen molar-refractivity contribution in [2.45, 2.75) is 0 Å². The van der Waals surface area contributed by atoms with Gasteiger partial charge in [0.05, 0.1) is 27.6 Å². The minimum Gasteiger partial charge on any atom is -0.351 e. The van der Waals surface area contributed by atoms with Gasteiger partial charge < -0.3 is 14.1 Å². The zero-order chi connectivity index (χ0) is 20.4. The van der Waals surface area contributed by atoms with E-state index >= 15 is 0 Å². The molecule has 0 aliphatic rings. The van der Waals surface area contributed by atoms with Crippen molar-refractivity contribution in [2.75, 3.05) is 0 Å². The average Bonchev–Trinajstić information content (AvgIpc) is 3.47. The third kappa shape index (κ3) is 2.18. The lowest BCUT2D eigenvalue weighted by atomic mass is 10.2. The van der Waals surface area contributed by atoms with Gasteiger partial charge in [-0.2, -0.15) is 0 Å². The topological polar surface area (TPSA) is 25.6 Å². The summed E-state index contributed by atoms with van der Waals surface area (Å²) in [7, 11) is 0. The number of fused-ring (bicyclic) bond motifs is 7. The maximum absolute atomic E-state index is 3.74. The van der Waals surface area contributed by atoms with Crippen LogP contribution in [0.25, 0.3) is 55.2 Å². The Balaban J connectivity index is 1.81. The van der Waals surface area contributed by atoms with Gasteiger partial charge in [0, 0.05) is 27.7 Å². The molecule has 0 fully saturated rings. The average molecular weight is 397 g/mol. The number of nitrogens with one attached hydrogen (secondary N) is 1. The number of rotatable bonds is 2. The van der Waals surface area contributed by atoms with Crippen LogP contribution in [0.5, 0.6) is 0 Å². The molecular weight excluding hydrogens is 378 g/mol. The lowest BCUT2D eigenvalue weighted by Crippen LogP contribution is -1.92. The molecule has 7 aromatic rings. The van der Waals surface area contributed by atoms with Gasteiger partial charge in [0.25, 0.3) is 0 Å². The maximum Gasteiger partial charge on any atom is 0.0970 e. The molecule has 146 valence electrons. The number of benzene rings is 4. The smallest absolute Gasteiger partial charge is 0.0970 e. The van der Waals surface area contributed by atoms with Crippen LogP contribution in [0.3, 0.4) is 0 Å². The number of hydrogen-bond acceptors (Lipinski definition) is 0. The van der Waals surface area contributed by atoms with Crippen molar-refractivity contribution in [3.63, 3.8) is 0 Å². The van der Waals surface area contributed by atoms with Crippen molar-refractivity contribution in [1.29, 1.82) is 0 Å². The van der Waals surface area contributed by atoms with E-state index in [2.05, 4.69) is 123 Å². The molecule has 3 heteroatoms. The van der Waals surface area contributed by atoms with E-state index in [0.717, 1.165) is 5.52 Å². The van der Waals surface area contributed by atoms with Gasteiger partial charge in [0.2, 0.25) is 0 Å². The number of nitrogens with zero attached hydrogens (tertiary/aromatic N) is 2. The summed E-state index contributed by atoms with van der Waals surface area (Å²) in [4.78, 5) is 3.74. The largest absolute Gasteiger partial charge is 0.351 e. The summed E-state index contributed by atoms with van der Waals surface area (Å²) in [6.45, 7) is 0. The van der Waals surface area contributed by atoms with Crippen molar-refractivity contribution in [3.05, 3.63) is 109 Å². The minimum atomic E-state index is 1.16. The molecule has 0 bridgehead atoms. The molecule has 3 aromatic heterocycles. The molecular formula is C28H19N3. The predicted molar refractivity (Wildman–Crippen MR) is 129 cm³/mol. The van der Waals surface area contributed by atoms with Gasteiger partial charge in [-0.15, -0.1) is 0 Å². The van der Waals surface area contributed by atoms with E-state index in [-0.39, 0.29) is 0 Å². The standard InChI is InChI=1S/C28H19N3/c1-3-11-19(12-4-1)30-24-18-10-8-16-22(24)27-28(30)25-26(21-15-7-9-17-23(21)29-25)31(27)20-13-5-2-6-14-20/h1-18,29H. The van der Waals surface area contributed by atoms with Crippen LogP contribution in [0.4, 0.5) is 0 Å². The molecule has 0 saturated heterocycles. The predicted octanol–water partition coefficient (Wildman–Crippen LogP) is 7.21. The molecule has 4 aromatic carbocycles. The summed E-state index contributed by atoms with van der Waals surface area (Å²) in [6.07, 6.45) is 0. The Bertz CT molecular complexity index is 1710. The normalized spacial score (nSPS) is 11.9. The summed E-state index contributed by atoms with van der Waals surface area (Å²) in [5.74, 6) is 0. The summed E-state index contributed by atoms with van der Waals surface area (Å²) < 4.78 is 4.81. The van der Waals surface area contributed by atoms with Crippen LogP contribution >= 0.6 is 0 Å². The van der Waals surface area contributed by atoms with Crippen molar-refractivity contribution >= 4 is 43.9 Å². The monoisotopic (exact) mass is 397 g/mol. The van der Waals surface area contributed by atoms with Crippen LogP contribution in [-0.2, 0) is 0 Å². The first-order valence-electron chi connectivity index (χ1n) is 10.6. The number of aromatic nitrogens is 3. The van der Waals surface area contributed by atoms with E-state index < -0.39 is 0 Å². The molecule has 0 aliphatic heterocycles. The summed E-state index contributed by atoms with van der Waals surface area (Å²) >= 11 is 0. The molecule has 0 spiro atoms. The SMILES string of the molecule is c1ccc(-n2c3ccccc3c3c2c2[nH]c4ccccc4c2n3-c2ccccc2)cc1. The third-order valence-corrected chi connectivity index (χ3v) is 6.24. The fraction of sp³-hybridized carbons (Fsp3) is 0. The first-order chi connectivity index (χ1) is 15.4. The Morgan fingerprint density at radius 1 is 0.452 bits per heavy atom. The fourth-order valence-electron chi connectivity index (χ4n) is 5.00. The van der Waals surface area contributed by atoms with Gasteiger partial charge >= 0.3 is 0 Å². The Kier molecular flexibility index (Phi) is 3.27. The zero-order valence-electron chi connectivity index (χ0n) is 16.8. The molecule has 0 aliphatic carbocycles. The highest BCUT2D eigenvalue weighted by Crippen LogP contribution is 2.42. The van der Waals surface area contributed by atoms with Crippen LogP contribution < -0.4 is 0 Å². The van der Waals surface area contributed by atoms with Crippen LogP contribution in [0.1, 0.15) is 0 Å². The molecule has 0 radical (unpaired) electrons. The quantitative estimate of drug-likeness (QED) is 0.319. The fourth-order valence-corrected chi connectivity index (χ4v) is 5.00. The second-order valence-electron chi connectivity index (χ2n) is 7.95. The first-order valence-corrected chi connectivity index (χ1v) is 10.6. The highest BCUT2D eigenvalue weighted by Gasteiger charge is 2.24. The lowest BCUT2D eigenvalue weighted by Gasteiger charge is -2.07. The number of H-pyrrole nitrogens is 1. The second kappa shape index (κ2) is 6.13. The van der Waals surface area contributed by atoms with Crippen LogP contribution in [0, 0.1) is 0 Å². The van der Waals surface area contributed by atoms with Gasteiger partial charge in [-0.05, 0) is 36.4 Å². The molecule has 1 N–H and O–H groups in total. The first kappa shape index (κ1) is 16.5. The number of para-hydroxylation sites is 4. The molecule has 0 amide bonds. The van der Waals surface area contributed by atoms with E-state index in [1.165, 1.54) is 49.7 Å². The lowest BCUT2D eigenvalue weighted by molar-refractivity contribution is 1.17. The van der Waals surface area contributed by atoms with Crippen molar-refractivity contribution in [1.82, 2.24) is 14.1 Å². The van der Waals surface area contributed by atoms with Crippen molar-refractivity contribution < 1.29 is 0 Å². The summed E-state index contributed by atoms with van der Waals surface area (Å²) in [5.41, 5.74) is 9.54. The van der Waals surface area contributed by atoms with Gasteiger partial charge in [0.15, 0.2) is 0 Å². The van der Waals surface area contributed by atoms with Gasteiger partial charge in [0.1, 0.15) is 0 Å². The van der Waals surface area contributed by atoms with Gasteiger partial charge in [-0.25, -0.2) is 0 Å². The molecule has 0 unspecified atom stereocenters. The van der Waals surface area contributed by atoms with Crippen LogP contribution in [0.15, 0.2) is 109 Å². The highest BCUT2D eigenvalue weighted by atomic mass is 15.1. The second-order valence-corrected chi connectivity index (χ2v) is 7.95. The van der Waals surface area contributed by atoms with Gasteiger partial charge in [-0.3, -0.25) is 0 Å². The Labute approximate surface area is 178 Å². The molecule has 0 atom stereocenters. The van der Waals surface area contributed by atoms with E-state index in [1.807, 2.05) is 0 Å². The molecule has 7 rings (SSSR count). The van der Waals surface area contributed by atoms with E-state index in [1.54, 1.807) is 0 Å². The van der Waals surface area contributed by atoms with Crippen LogP contribution in [0.2, 0.25) is 0 Å². The van der Waals surface area contributed by atoms with Crippen molar-refractivity contribution in [2.24, 2.45) is 0 Å². The van der Waals surface area contributed by atoms with E-state index in [4.69, 9.17) is 0 Å². The maximum atomic E-state index is 3.74. The van der Waals surface area contributed by atoms with Crippen molar-refractivity contribution in [3.8, 4) is 11.4 Å². The minimum absolute atomic E-state index is 1.16. The Morgan fingerprint density at radius 2 is 1.03 bits per heavy atom. The van der Waals surface area contributed by atoms with E-state index in [9.17, 15) is 0 Å². The Hall–Kier alpha value is -4.24. The third-order valence-electron chi connectivity index (χ3n) is 6.24. The molecule has 3 heterocycles. The van der Waals surface area contributed by atoms with Gasteiger partial charge in [-0.1, -0.05) is 72.8 Å². The zero-order valence-corrected chi connectivity index (χ0v) is 16.8. The molecule has 31 heavy (non-hydrogen) atoms.